The Kier molecular flexibility index (Phi) is 6.58. The van der Waals surface area contributed by atoms with Crippen LogP contribution in [0.1, 0.15) is 37.7 Å². The second-order valence-electron chi connectivity index (χ2n) is 8.03. The highest BCUT2D eigenvalue weighted by atomic mass is 32.2. The fourth-order valence-electron chi connectivity index (χ4n) is 4.28. The number of carbonyl (C=O) groups is 1. The normalized spacial score (nSPS) is 26.0. The molecule has 0 amide bonds. The van der Waals surface area contributed by atoms with Crippen molar-refractivity contribution in [2.24, 2.45) is 5.92 Å². The first-order valence-corrected chi connectivity index (χ1v) is 11.4. The molecule has 1 aliphatic heterocycles. The van der Waals surface area contributed by atoms with E-state index in [9.17, 15) is 13.2 Å². The van der Waals surface area contributed by atoms with Gasteiger partial charge in [-0.05, 0) is 62.8 Å². The molecule has 0 radical (unpaired) electrons. The van der Waals surface area contributed by atoms with E-state index < -0.39 is 16.0 Å². The van der Waals surface area contributed by atoms with E-state index in [4.69, 9.17) is 5.11 Å². The van der Waals surface area contributed by atoms with Gasteiger partial charge in [-0.25, -0.2) is 8.42 Å². The van der Waals surface area contributed by atoms with E-state index in [0.717, 1.165) is 37.9 Å². The maximum Gasteiger partial charge on any atom is 0.303 e. The molecule has 3 atom stereocenters. The average Bonchev–Trinajstić information content (AvgIpc) is 3.16. The summed E-state index contributed by atoms with van der Waals surface area (Å²) >= 11 is 0. The van der Waals surface area contributed by atoms with Crippen molar-refractivity contribution in [1.82, 2.24) is 9.21 Å². The number of hydrogen-bond acceptors (Lipinski definition) is 4. The summed E-state index contributed by atoms with van der Waals surface area (Å²) in [6, 6.07) is 7.07. The molecule has 154 valence electrons. The van der Waals surface area contributed by atoms with Gasteiger partial charge in [0.15, 0.2) is 0 Å². The number of likely N-dealkylation sites (N-methyl/N-ethyl adjacent to an activating group) is 1. The lowest BCUT2D eigenvalue weighted by atomic mass is 9.92. The van der Waals surface area contributed by atoms with Gasteiger partial charge < -0.3 is 5.11 Å². The van der Waals surface area contributed by atoms with Crippen LogP contribution in [-0.2, 0) is 14.8 Å². The van der Waals surface area contributed by atoms with Crippen molar-refractivity contribution in [3.63, 3.8) is 0 Å². The third kappa shape index (κ3) is 4.82. The molecular weight excluding hydrogens is 376 g/mol. The Morgan fingerprint density at radius 2 is 2.11 bits per heavy atom. The molecule has 0 saturated carbocycles. The van der Waals surface area contributed by atoms with Crippen molar-refractivity contribution >= 4 is 16.0 Å². The van der Waals surface area contributed by atoms with Crippen LogP contribution in [0.2, 0.25) is 0 Å². The number of aryl methyl sites for hydroxylation is 1. The van der Waals surface area contributed by atoms with Crippen LogP contribution in [0, 0.1) is 12.8 Å². The van der Waals surface area contributed by atoms with Crippen LogP contribution in [0.25, 0.3) is 0 Å². The minimum atomic E-state index is -3.53. The maximum absolute atomic E-state index is 13.0. The van der Waals surface area contributed by atoms with Gasteiger partial charge in [-0.2, -0.15) is 4.31 Å². The molecule has 6 nitrogen and oxygen atoms in total. The van der Waals surface area contributed by atoms with E-state index in [1.54, 1.807) is 25.2 Å². The smallest absolute Gasteiger partial charge is 0.303 e. The van der Waals surface area contributed by atoms with E-state index >= 15 is 0 Å². The van der Waals surface area contributed by atoms with Gasteiger partial charge in [0.1, 0.15) is 0 Å². The Labute approximate surface area is 167 Å². The molecule has 1 fully saturated rings. The summed E-state index contributed by atoms with van der Waals surface area (Å²) < 4.78 is 27.4. The van der Waals surface area contributed by atoms with E-state index in [2.05, 4.69) is 11.0 Å². The number of rotatable bonds is 7. The van der Waals surface area contributed by atoms with Crippen molar-refractivity contribution in [2.45, 2.75) is 56.0 Å². The number of carboxylic acid groups (broad SMARTS) is 1. The number of likely N-dealkylation sites (tertiary alicyclic amines) is 1. The zero-order chi connectivity index (χ0) is 20.3. The van der Waals surface area contributed by atoms with Gasteiger partial charge in [0.05, 0.1) is 4.90 Å². The number of hydrogen-bond donors (Lipinski definition) is 1. The molecule has 1 aromatic carbocycles. The molecule has 7 heteroatoms. The zero-order valence-electron chi connectivity index (χ0n) is 16.6. The van der Waals surface area contributed by atoms with Crippen LogP contribution in [0.3, 0.4) is 0 Å². The second-order valence-corrected chi connectivity index (χ2v) is 10.0. The summed E-state index contributed by atoms with van der Waals surface area (Å²) in [5.74, 6) is -0.327. The van der Waals surface area contributed by atoms with E-state index in [1.807, 2.05) is 19.1 Å². The largest absolute Gasteiger partial charge is 0.481 e. The summed E-state index contributed by atoms with van der Waals surface area (Å²) in [5.41, 5.74) is 0.926. The van der Waals surface area contributed by atoms with Crippen LogP contribution in [0.4, 0.5) is 0 Å². The topological polar surface area (TPSA) is 77.9 Å². The number of nitrogens with zero attached hydrogens (tertiary/aromatic N) is 2. The average molecular weight is 407 g/mol. The highest BCUT2D eigenvalue weighted by Gasteiger charge is 2.34. The monoisotopic (exact) mass is 406 g/mol. The second kappa shape index (κ2) is 8.76. The predicted molar refractivity (Wildman–Crippen MR) is 109 cm³/mol. The van der Waals surface area contributed by atoms with Gasteiger partial charge in [0.25, 0.3) is 0 Å². The van der Waals surface area contributed by atoms with Crippen molar-refractivity contribution in [3.05, 3.63) is 42.0 Å². The molecule has 1 aromatic rings. The summed E-state index contributed by atoms with van der Waals surface area (Å²) in [5, 5.41) is 8.92. The molecule has 0 unspecified atom stereocenters. The Balaban J connectivity index is 1.62. The Morgan fingerprint density at radius 1 is 1.32 bits per heavy atom. The van der Waals surface area contributed by atoms with Gasteiger partial charge in [-0.3, -0.25) is 9.69 Å². The summed E-state index contributed by atoms with van der Waals surface area (Å²) in [6.07, 6.45) is 7.94. The van der Waals surface area contributed by atoms with Crippen LogP contribution in [0.15, 0.2) is 41.3 Å². The fourth-order valence-corrected chi connectivity index (χ4v) is 5.71. The van der Waals surface area contributed by atoms with Crippen LogP contribution in [-0.4, -0.2) is 60.9 Å². The zero-order valence-corrected chi connectivity index (χ0v) is 17.4. The lowest BCUT2D eigenvalue weighted by molar-refractivity contribution is -0.137. The first kappa shape index (κ1) is 21.0. The number of carboxylic acids is 1. The third-order valence-electron chi connectivity index (χ3n) is 5.96. The van der Waals surface area contributed by atoms with Crippen molar-refractivity contribution in [1.29, 1.82) is 0 Å². The molecule has 2 aliphatic rings. The molecule has 0 aromatic heterocycles. The van der Waals surface area contributed by atoms with Crippen LogP contribution < -0.4 is 0 Å². The number of sulfonamides is 1. The lowest BCUT2D eigenvalue weighted by Crippen LogP contribution is -2.43. The van der Waals surface area contributed by atoms with E-state index in [1.165, 1.54) is 4.31 Å². The van der Waals surface area contributed by atoms with Crippen LogP contribution >= 0.6 is 0 Å². The van der Waals surface area contributed by atoms with Gasteiger partial charge in [-0.1, -0.05) is 24.3 Å². The molecule has 1 saturated heterocycles. The number of piperidine rings is 1. The molecular formula is C21H30N2O4S. The minimum Gasteiger partial charge on any atom is -0.481 e. The lowest BCUT2D eigenvalue weighted by Gasteiger charge is -2.37. The fraction of sp³-hybridized carbons (Fsp3) is 0.571. The summed E-state index contributed by atoms with van der Waals surface area (Å²) in [4.78, 5) is 13.6. The standard InChI is InChI=1S/C21H30N2O4S/c1-16-5-3-7-20(13-16)28(26,27)22(2)18-9-10-19(14-18)23-12-4-6-17(15-23)8-11-21(24)25/h3,5,7,9-10,13,17-19H,4,6,8,11-12,14-15H2,1-2H3,(H,24,25)/t17-,18-,19+/m1/s1. The first-order chi connectivity index (χ1) is 13.3. The molecule has 1 aliphatic carbocycles. The SMILES string of the molecule is Cc1cccc(S(=O)(=O)N(C)[C@@H]2C=C[C@H](N3CCC[C@H](CCC(=O)O)C3)C2)c1. The maximum atomic E-state index is 13.0. The summed E-state index contributed by atoms with van der Waals surface area (Å²) in [6.45, 7) is 3.77. The predicted octanol–water partition coefficient (Wildman–Crippen LogP) is 2.89. The van der Waals surface area contributed by atoms with Crippen molar-refractivity contribution < 1.29 is 18.3 Å². The van der Waals surface area contributed by atoms with Gasteiger partial charge in [-0.15, -0.1) is 0 Å². The summed E-state index contributed by atoms with van der Waals surface area (Å²) in [7, 11) is -1.88. The Morgan fingerprint density at radius 3 is 2.82 bits per heavy atom. The van der Waals surface area contributed by atoms with Crippen LogP contribution in [0.5, 0.6) is 0 Å². The number of benzene rings is 1. The highest BCUT2D eigenvalue weighted by molar-refractivity contribution is 7.89. The first-order valence-electron chi connectivity index (χ1n) is 9.96. The van der Waals surface area contributed by atoms with E-state index in [-0.39, 0.29) is 18.5 Å². The molecule has 3 rings (SSSR count). The third-order valence-corrected chi connectivity index (χ3v) is 7.84. The van der Waals surface area contributed by atoms with E-state index in [0.29, 0.717) is 17.2 Å². The molecule has 0 spiro atoms. The Hall–Kier alpha value is -1.70. The molecule has 1 N–H and O–H groups in total. The Bertz CT molecular complexity index is 837. The molecule has 1 heterocycles. The highest BCUT2D eigenvalue weighted by Crippen LogP contribution is 2.29. The number of aliphatic carboxylic acids is 1. The van der Waals surface area contributed by atoms with Gasteiger partial charge in [0.2, 0.25) is 10.0 Å². The van der Waals surface area contributed by atoms with Crippen molar-refractivity contribution in [2.75, 3.05) is 20.1 Å². The van der Waals surface area contributed by atoms with Gasteiger partial charge >= 0.3 is 5.97 Å². The van der Waals surface area contributed by atoms with Gasteiger partial charge in [0, 0.05) is 32.1 Å². The molecule has 28 heavy (non-hydrogen) atoms. The van der Waals surface area contributed by atoms with Crippen molar-refractivity contribution in [3.8, 4) is 0 Å². The molecule has 0 bridgehead atoms. The minimum absolute atomic E-state index is 0.157. The quantitative estimate of drug-likeness (QED) is 0.705.